The molecule has 0 fully saturated rings. The van der Waals surface area contributed by atoms with Gasteiger partial charge in [0.25, 0.3) is 0 Å². The molecule has 5 nitrogen and oxygen atoms in total. The van der Waals surface area contributed by atoms with Crippen molar-refractivity contribution >= 4 is 5.91 Å². The zero-order chi connectivity index (χ0) is 21.7. The van der Waals surface area contributed by atoms with Gasteiger partial charge >= 0.3 is 0 Å². The Morgan fingerprint density at radius 2 is 1.77 bits per heavy atom. The predicted molar refractivity (Wildman–Crippen MR) is 116 cm³/mol. The lowest BCUT2D eigenvalue weighted by Gasteiger charge is -2.12. The number of ether oxygens (including phenoxy) is 1. The maximum Gasteiger partial charge on any atom is 0.226 e. The van der Waals surface area contributed by atoms with E-state index in [2.05, 4.69) is 24.3 Å². The third kappa shape index (κ3) is 5.47. The van der Waals surface area contributed by atoms with Gasteiger partial charge in [0.05, 0.1) is 11.4 Å². The number of nitrogens with zero attached hydrogens (tertiary/aromatic N) is 2. The normalized spacial score (nSPS) is 11.0. The molecule has 0 bridgehead atoms. The number of benzene rings is 2. The van der Waals surface area contributed by atoms with Gasteiger partial charge in [0.2, 0.25) is 11.8 Å². The molecule has 2 aromatic carbocycles. The van der Waals surface area contributed by atoms with Gasteiger partial charge < -0.3 is 10.1 Å². The van der Waals surface area contributed by atoms with Crippen LogP contribution in [-0.2, 0) is 11.2 Å². The molecule has 1 amide bonds. The van der Waals surface area contributed by atoms with Crippen LogP contribution in [0.25, 0.3) is 5.69 Å². The summed E-state index contributed by atoms with van der Waals surface area (Å²) < 4.78 is 21.3. The highest BCUT2D eigenvalue weighted by atomic mass is 19.1. The van der Waals surface area contributed by atoms with Gasteiger partial charge in [-0.15, -0.1) is 0 Å². The first-order valence-electron chi connectivity index (χ1n) is 10.2. The summed E-state index contributed by atoms with van der Waals surface area (Å²) in [6.07, 6.45) is 0.838. The standard InChI is InChI=1S/C24H28FN3O2/c1-16(2)15-26-23(29)14-13-22-18(4)27-28(20-9-7-19(25)8-10-20)24(22)30-21-11-5-17(3)6-12-21/h5-12,16H,13-15H2,1-4H3,(H,26,29). The Balaban J connectivity index is 1.91. The van der Waals surface area contributed by atoms with Crippen molar-refractivity contribution in [2.24, 2.45) is 5.92 Å². The Morgan fingerprint density at radius 1 is 1.10 bits per heavy atom. The molecule has 158 valence electrons. The number of carbonyl (C=O) groups excluding carboxylic acids is 1. The summed E-state index contributed by atoms with van der Waals surface area (Å²) in [5.74, 6) is 1.30. The average Bonchev–Trinajstić information content (AvgIpc) is 3.02. The first kappa shape index (κ1) is 21.6. The Hall–Kier alpha value is -3.15. The molecular weight excluding hydrogens is 381 g/mol. The van der Waals surface area contributed by atoms with Crippen molar-refractivity contribution in [2.45, 2.75) is 40.5 Å². The van der Waals surface area contributed by atoms with Crippen molar-refractivity contribution in [3.8, 4) is 17.3 Å². The van der Waals surface area contributed by atoms with Crippen LogP contribution in [0.2, 0.25) is 0 Å². The van der Waals surface area contributed by atoms with Gasteiger partial charge in [-0.1, -0.05) is 31.5 Å². The maximum atomic E-state index is 13.4. The van der Waals surface area contributed by atoms with E-state index in [1.807, 2.05) is 38.1 Å². The van der Waals surface area contributed by atoms with E-state index in [0.29, 0.717) is 42.6 Å². The fourth-order valence-corrected chi connectivity index (χ4v) is 3.05. The highest BCUT2D eigenvalue weighted by Gasteiger charge is 2.20. The molecule has 0 atom stereocenters. The Morgan fingerprint density at radius 3 is 2.40 bits per heavy atom. The topological polar surface area (TPSA) is 56.1 Å². The largest absolute Gasteiger partial charge is 0.439 e. The maximum absolute atomic E-state index is 13.4. The van der Waals surface area contributed by atoms with Crippen LogP contribution in [0.5, 0.6) is 11.6 Å². The van der Waals surface area contributed by atoms with Crippen LogP contribution in [-0.4, -0.2) is 22.2 Å². The predicted octanol–water partition coefficient (Wildman–Crippen LogP) is 5.13. The zero-order valence-electron chi connectivity index (χ0n) is 17.9. The quantitative estimate of drug-likeness (QED) is 0.561. The van der Waals surface area contributed by atoms with E-state index >= 15 is 0 Å². The lowest BCUT2D eigenvalue weighted by atomic mass is 10.1. The van der Waals surface area contributed by atoms with Gasteiger partial charge in [0, 0.05) is 18.5 Å². The van der Waals surface area contributed by atoms with Crippen LogP contribution >= 0.6 is 0 Å². The average molecular weight is 410 g/mol. The van der Waals surface area contributed by atoms with E-state index in [4.69, 9.17) is 4.74 Å². The Kier molecular flexibility index (Phi) is 6.87. The fraction of sp³-hybridized carbons (Fsp3) is 0.333. The second-order valence-corrected chi connectivity index (χ2v) is 7.87. The van der Waals surface area contributed by atoms with Gasteiger partial charge in [0.1, 0.15) is 11.6 Å². The van der Waals surface area contributed by atoms with Gasteiger partial charge in [-0.05, 0) is 62.6 Å². The number of amides is 1. The first-order valence-corrected chi connectivity index (χ1v) is 10.2. The Labute approximate surface area is 176 Å². The number of aromatic nitrogens is 2. The Bertz CT molecular complexity index is 993. The molecule has 1 aromatic heterocycles. The van der Waals surface area contributed by atoms with Crippen molar-refractivity contribution in [3.05, 3.63) is 71.2 Å². The molecular formula is C24H28FN3O2. The molecule has 0 aliphatic carbocycles. The molecule has 0 radical (unpaired) electrons. The van der Waals surface area contributed by atoms with E-state index in [-0.39, 0.29) is 11.7 Å². The van der Waals surface area contributed by atoms with Crippen molar-refractivity contribution in [1.29, 1.82) is 0 Å². The summed E-state index contributed by atoms with van der Waals surface area (Å²) in [7, 11) is 0. The van der Waals surface area contributed by atoms with Crippen molar-refractivity contribution in [1.82, 2.24) is 15.1 Å². The van der Waals surface area contributed by atoms with Gasteiger partial charge in [0.15, 0.2) is 0 Å². The smallest absolute Gasteiger partial charge is 0.226 e. The fourth-order valence-electron chi connectivity index (χ4n) is 3.05. The molecule has 3 aromatic rings. The molecule has 0 unspecified atom stereocenters. The molecule has 30 heavy (non-hydrogen) atoms. The van der Waals surface area contributed by atoms with Crippen LogP contribution in [0.15, 0.2) is 48.5 Å². The number of carbonyl (C=O) groups is 1. The van der Waals surface area contributed by atoms with E-state index < -0.39 is 0 Å². The number of hydrogen-bond acceptors (Lipinski definition) is 3. The van der Waals surface area contributed by atoms with Crippen LogP contribution in [0, 0.1) is 25.6 Å². The van der Waals surface area contributed by atoms with Crippen molar-refractivity contribution in [2.75, 3.05) is 6.54 Å². The van der Waals surface area contributed by atoms with Crippen molar-refractivity contribution in [3.63, 3.8) is 0 Å². The molecule has 1 N–H and O–H groups in total. The minimum absolute atomic E-state index is 0.00100. The molecule has 0 aliphatic heterocycles. The van der Waals surface area contributed by atoms with Gasteiger partial charge in [-0.2, -0.15) is 5.10 Å². The third-order valence-electron chi connectivity index (χ3n) is 4.75. The highest BCUT2D eigenvalue weighted by Crippen LogP contribution is 2.31. The van der Waals surface area contributed by atoms with Crippen LogP contribution in [0.1, 0.15) is 37.1 Å². The van der Waals surface area contributed by atoms with E-state index in [1.54, 1.807) is 16.8 Å². The number of aryl methyl sites for hydroxylation is 2. The van der Waals surface area contributed by atoms with Crippen LogP contribution < -0.4 is 10.1 Å². The minimum Gasteiger partial charge on any atom is -0.439 e. The first-order chi connectivity index (χ1) is 14.3. The van der Waals surface area contributed by atoms with Crippen LogP contribution in [0.3, 0.4) is 0 Å². The molecule has 3 rings (SSSR count). The molecule has 1 heterocycles. The number of nitrogens with one attached hydrogen (secondary N) is 1. The lowest BCUT2D eigenvalue weighted by molar-refractivity contribution is -0.121. The highest BCUT2D eigenvalue weighted by molar-refractivity contribution is 5.76. The van der Waals surface area contributed by atoms with Gasteiger partial charge in [-0.25, -0.2) is 9.07 Å². The van der Waals surface area contributed by atoms with Crippen molar-refractivity contribution < 1.29 is 13.9 Å². The summed E-state index contributed by atoms with van der Waals surface area (Å²) in [6.45, 7) is 8.68. The molecule has 0 spiro atoms. The molecule has 0 saturated heterocycles. The summed E-state index contributed by atoms with van der Waals surface area (Å²) >= 11 is 0. The SMILES string of the molecule is Cc1ccc(Oc2c(CCC(=O)NCC(C)C)c(C)nn2-c2ccc(F)cc2)cc1. The molecule has 0 saturated carbocycles. The number of hydrogen-bond donors (Lipinski definition) is 1. The molecule has 6 heteroatoms. The lowest BCUT2D eigenvalue weighted by Crippen LogP contribution is -2.27. The van der Waals surface area contributed by atoms with E-state index in [9.17, 15) is 9.18 Å². The zero-order valence-corrected chi connectivity index (χ0v) is 17.9. The second-order valence-electron chi connectivity index (χ2n) is 7.87. The van der Waals surface area contributed by atoms with Gasteiger partial charge in [-0.3, -0.25) is 4.79 Å². The minimum atomic E-state index is -0.314. The monoisotopic (exact) mass is 409 g/mol. The van der Waals surface area contributed by atoms with Crippen LogP contribution in [0.4, 0.5) is 4.39 Å². The second kappa shape index (κ2) is 9.57. The third-order valence-corrected chi connectivity index (χ3v) is 4.75. The van der Waals surface area contributed by atoms with E-state index in [1.165, 1.54) is 12.1 Å². The van der Waals surface area contributed by atoms with E-state index in [0.717, 1.165) is 16.8 Å². The number of halogens is 1. The summed E-state index contributed by atoms with van der Waals surface area (Å²) in [5, 5.41) is 7.56. The summed E-state index contributed by atoms with van der Waals surface area (Å²) in [5.41, 5.74) is 3.46. The number of rotatable bonds is 8. The summed E-state index contributed by atoms with van der Waals surface area (Å²) in [4.78, 5) is 12.2. The molecule has 0 aliphatic rings. The summed E-state index contributed by atoms with van der Waals surface area (Å²) in [6, 6.07) is 13.8.